The molecule has 0 aliphatic carbocycles. The zero-order valence-electron chi connectivity index (χ0n) is 15.5. The minimum absolute atomic E-state index is 0.107. The summed E-state index contributed by atoms with van der Waals surface area (Å²) in [5, 5.41) is 2.91. The van der Waals surface area contributed by atoms with Gasteiger partial charge in [0.2, 0.25) is 0 Å². The third kappa shape index (κ3) is 4.48. The molecule has 1 aliphatic heterocycles. The number of benzene rings is 2. The van der Waals surface area contributed by atoms with Crippen molar-refractivity contribution in [2.24, 2.45) is 0 Å². The minimum atomic E-state index is -0.161. The van der Waals surface area contributed by atoms with E-state index < -0.39 is 0 Å². The van der Waals surface area contributed by atoms with E-state index >= 15 is 0 Å². The summed E-state index contributed by atoms with van der Waals surface area (Å²) in [6.07, 6.45) is 3.80. The fourth-order valence-electron chi connectivity index (χ4n) is 3.22. The summed E-state index contributed by atoms with van der Waals surface area (Å²) < 4.78 is 5.60. The van der Waals surface area contributed by atoms with Crippen LogP contribution in [0.15, 0.2) is 42.5 Å². The molecule has 2 aromatic carbocycles. The van der Waals surface area contributed by atoms with Crippen LogP contribution < -0.4 is 20.7 Å². The fraction of sp³-hybridized carbons (Fsp3) is 0.381. The SMILES string of the molecule is CC(C)Oc1ccc(C(=O)Nc2ccc(N3CCCCC3)c(N)c2)cc1. The molecule has 3 rings (SSSR count). The van der Waals surface area contributed by atoms with Gasteiger partial charge in [-0.25, -0.2) is 0 Å². The van der Waals surface area contributed by atoms with Crippen molar-refractivity contribution in [2.75, 3.05) is 29.0 Å². The van der Waals surface area contributed by atoms with Crippen molar-refractivity contribution in [2.45, 2.75) is 39.2 Å². The highest BCUT2D eigenvalue weighted by Gasteiger charge is 2.14. The van der Waals surface area contributed by atoms with Crippen molar-refractivity contribution in [3.05, 3.63) is 48.0 Å². The van der Waals surface area contributed by atoms with Crippen molar-refractivity contribution in [3.8, 4) is 5.75 Å². The normalized spacial score (nSPS) is 14.3. The van der Waals surface area contributed by atoms with Gasteiger partial charge in [0.25, 0.3) is 5.91 Å². The van der Waals surface area contributed by atoms with E-state index in [9.17, 15) is 4.79 Å². The lowest BCUT2D eigenvalue weighted by Gasteiger charge is -2.30. The van der Waals surface area contributed by atoms with Crippen LogP contribution in [0.2, 0.25) is 0 Å². The standard InChI is InChI=1S/C21H27N3O2/c1-15(2)26-18-9-6-16(7-10-18)21(25)23-17-8-11-20(19(22)14-17)24-12-4-3-5-13-24/h6-11,14-15H,3-5,12-13,22H2,1-2H3,(H,23,25). The van der Waals surface area contributed by atoms with Crippen molar-refractivity contribution >= 4 is 23.0 Å². The Bertz CT molecular complexity index is 750. The van der Waals surface area contributed by atoms with Crippen LogP contribution in [0.5, 0.6) is 5.75 Å². The van der Waals surface area contributed by atoms with Gasteiger partial charge in [0.05, 0.1) is 17.5 Å². The summed E-state index contributed by atoms with van der Waals surface area (Å²) in [6.45, 7) is 6.03. The van der Waals surface area contributed by atoms with Crippen LogP contribution in [0.1, 0.15) is 43.5 Å². The highest BCUT2D eigenvalue weighted by molar-refractivity contribution is 6.04. The molecule has 0 unspecified atom stereocenters. The number of amides is 1. The summed E-state index contributed by atoms with van der Waals surface area (Å²) in [6, 6.07) is 12.9. The smallest absolute Gasteiger partial charge is 0.255 e. The van der Waals surface area contributed by atoms with Crippen LogP contribution >= 0.6 is 0 Å². The van der Waals surface area contributed by atoms with Gasteiger partial charge < -0.3 is 20.7 Å². The lowest BCUT2D eigenvalue weighted by molar-refractivity contribution is 0.102. The number of anilines is 3. The third-order valence-electron chi connectivity index (χ3n) is 4.47. The molecule has 5 nitrogen and oxygen atoms in total. The highest BCUT2D eigenvalue weighted by atomic mass is 16.5. The number of rotatable bonds is 5. The molecular formula is C21H27N3O2. The van der Waals surface area contributed by atoms with Crippen LogP contribution in [0, 0.1) is 0 Å². The number of nitrogens with two attached hydrogens (primary N) is 1. The Morgan fingerprint density at radius 3 is 2.38 bits per heavy atom. The summed E-state index contributed by atoms with van der Waals surface area (Å²) in [5.74, 6) is 0.595. The molecule has 5 heteroatoms. The maximum atomic E-state index is 12.4. The first-order valence-electron chi connectivity index (χ1n) is 9.25. The van der Waals surface area contributed by atoms with E-state index in [0.717, 1.165) is 24.5 Å². The molecule has 0 bridgehead atoms. The molecule has 0 atom stereocenters. The van der Waals surface area contributed by atoms with Gasteiger partial charge in [0.15, 0.2) is 0 Å². The van der Waals surface area contributed by atoms with Gasteiger partial charge in [0, 0.05) is 24.3 Å². The number of carbonyl (C=O) groups excluding carboxylic acids is 1. The molecule has 3 N–H and O–H groups in total. The Morgan fingerprint density at radius 1 is 1.08 bits per heavy atom. The quantitative estimate of drug-likeness (QED) is 0.787. The maximum Gasteiger partial charge on any atom is 0.255 e. The van der Waals surface area contributed by atoms with E-state index in [0.29, 0.717) is 16.9 Å². The van der Waals surface area contributed by atoms with Gasteiger partial charge in [-0.1, -0.05) is 0 Å². The Balaban J connectivity index is 1.66. The van der Waals surface area contributed by atoms with Crippen LogP contribution in [0.3, 0.4) is 0 Å². The largest absolute Gasteiger partial charge is 0.491 e. The maximum absolute atomic E-state index is 12.4. The molecule has 0 radical (unpaired) electrons. The molecule has 2 aromatic rings. The predicted molar refractivity (Wildman–Crippen MR) is 107 cm³/mol. The van der Waals surface area contributed by atoms with Crippen molar-refractivity contribution in [3.63, 3.8) is 0 Å². The number of ether oxygens (including phenoxy) is 1. The van der Waals surface area contributed by atoms with Crippen molar-refractivity contribution in [1.82, 2.24) is 0 Å². The number of piperidine rings is 1. The monoisotopic (exact) mass is 353 g/mol. The molecule has 1 fully saturated rings. The average molecular weight is 353 g/mol. The first-order chi connectivity index (χ1) is 12.5. The zero-order chi connectivity index (χ0) is 18.5. The van der Waals surface area contributed by atoms with Crippen molar-refractivity contribution in [1.29, 1.82) is 0 Å². The molecule has 1 amide bonds. The molecule has 1 saturated heterocycles. The molecule has 26 heavy (non-hydrogen) atoms. The Kier molecular flexibility index (Phi) is 5.66. The second-order valence-electron chi connectivity index (χ2n) is 6.97. The van der Waals surface area contributed by atoms with Gasteiger partial charge in [0.1, 0.15) is 5.75 Å². The topological polar surface area (TPSA) is 67.6 Å². The van der Waals surface area contributed by atoms with E-state index in [4.69, 9.17) is 10.5 Å². The van der Waals surface area contributed by atoms with Crippen molar-refractivity contribution < 1.29 is 9.53 Å². The molecule has 138 valence electrons. The first kappa shape index (κ1) is 18.1. The summed E-state index contributed by atoms with van der Waals surface area (Å²) in [5.41, 5.74) is 9.26. The van der Waals surface area contributed by atoms with Gasteiger partial charge >= 0.3 is 0 Å². The van der Waals surface area contributed by atoms with Crippen LogP contribution in [-0.4, -0.2) is 25.1 Å². The summed E-state index contributed by atoms with van der Waals surface area (Å²) in [4.78, 5) is 14.8. The van der Waals surface area contributed by atoms with Gasteiger partial charge in [-0.05, 0) is 75.6 Å². The number of hydrogen-bond acceptors (Lipinski definition) is 4. The number of hydrogen-bond donors (Lipinski definition) is 2. The molecule has 1 heterocycles. The van der Waals surface area contributed by atoms with Gasteiger partial charge in [-0.2, -0.15) is 0 Å². The Morgan fingerprint density at radius 2 is 1.77 bits per heavy atom. The molecular weight excluding hydrogens is 326 g/mol. The van der Waals surface area contributed by atoms with E-state index in [1.165, 1.54) is 19.3 Å². The number of nitrogens with one attached hydrogen (secondary N) is 1. The minimum Gasteiger partial charge on any atom is -0.491 e. The fourth-order valence-corrected chi connectivity index (χ4v) is 3.22. The second-order valence-corrected chi connectivity index (χ2v) is 6.97. The second kappa shape index (κ2) is 8.13. The third-order valence-corrected chi connectivity index (χ3v) is 4.47. The first-order valence-corrected chi connectivity index (χ1v) is 9.25. The molecule has 0 saturated carbocycles. The zero-order valence-corrected chi connectivity index (χ0v) is 15.5. The van der Waals surface area contributed by atoms with E-state index in [1.807, 2.05) is 44.2 Å². The van der Waals surface area contributed by atoms with Gasteiger partial charge in [-0.15, -0.1) is 0 Å². The summed E-state index contributed by atoms with van der Waals surface area (Å²) in [7, 11) is 0. The summed E-state index contributed by atoms with van der Waals surface area (Å²) >= 11 is 0. The number of nitrogen functional groups attached to an aromatic ring is 1. The lowest BCUT2D eigenvalue weighted by Crippen LogP contribution is -2.30. The Labute approximate surface area is 155 Å². The van der Waals surface area contributed by atoms with Crippen LogP contribution in [-0.2, 0) is 0 Å². The van der Waals surface area contributed by atoms with E-state index in [1.54, 1.807) is 12.1 Å². The molecule has 1 aliphatic rings. The lowest BCUT2D eigenvalue weighted by atomic mass is 10.1. The Hall–Kier alpha value is -2.69. The predicted octanol–water partition coefficient (Wildman–Crippen LogP) is 4.30. The number of nitrogens with zero attached hydrogens (tertiary/aromatic N) is 1. The van der Waals surface area contributed by atoms with Gasteiger partial charge in [-0.3, -0.25) is 4.79 Å². The van der Waals surface area contributed by atoms with Crippen LogP contribution in [0.4, 0.5) is 17.1 Å². The van der Waals surface area contributed by atoms with Crippen LogP contribution in [0.25, 0.3) is 0 Å². The highest BCUT2D eigenvalue weighted by Crippen LogP contribution is 2.29. The van der Waals surface area contributed by atoms with E-state index in [2.05, 4.69) is 10.2 Å². The number of carbonyl (C=O) groups is 1. The van der Waals surface area contributed by atoms with E-state index in [-0.39, 0.29) is 12.0 Å². The average Bonchev–Trinajstić information content (AvgIpc) is 2.62. The molecule has 0 spiro atoms. The molecule has 0 aromatic heterocycles.